The molecule has 3 heterocycles. The molecule has 1 saturated heterocycles. The van der Waals surface area contributed by atoms with E-state index in [9.17, 15) is 9.59 Å². The van der Waals surface area contributed by atoms with Gasteiger partial charge in [-0.2, -0.15) is 5.10 Å². The Labute approximate surface area is 180 Å². The van der Waals surface area contributed by atoms with Gasteiger partial charge in [0.1, 0.15) is 5.69 Å². The molecule has 1 aromatic carbocycles. The van der Waals surface area contributed by atoms with E-state index in [0.29, 0.717) is 43.6 Å². The summed E-state index contributed by atoms with van der Waals surface area (Å²) >= 11 is 0. The van der Waals surface area contributed by atoms with E-state index in [2.05, 4.69) is 20.5 Å². The summed E-state index contributed by atoms with van der Waals surface area (Å²) in [6.45, 7) is 2.30. The molecule has 160 valence electrons. The Balaban J connectivity index is 1.26. The zero-order valence-electron chi connectivity index (χ0n) is 17.2. The topological polar surface area (TPSA) is 99.7 Å². The Morgan fingerprint density at radius 2 is 1.97 bits per heavy atom. The number of ketones is 1. The number of urea groups is 1. The van der Waals surface area contributed by atoms with Crippen molar-refractivity contribution in [3.63, 3.8) is 0 Å². The molecular formula is C23H25N5O3. The lowest BCUT2D eigenvalue weighted by atomic mass is 9.87. The van der Waals surface area contributed by atoms with Crippen LogP contribution in [0.3, 0.4) is 0 Å². The number of ether oxygens (including phenoxy) is 1. The molecule has 0 bridgehead atoms. The summed E-state index contributed by atoms with van der Waals surface area (Å²) in [5.74, 6) is 0.499. The fourth-order valence-corrected chi connectivity index (χ4v) is 3.98. The van der Waals surface area contributed by atoms with Gasteiger partial charge in [-0.25, -0.2) is 4.79 Å². The summed E-state index contributed by atoms with van der Waals surface area (Å²) in [4.78, 5) is 31.8. The number of carbonyl (C=O) groups excluding carboxylic acids is 2. The third-order valence-electron chi connectivity index (χ3n) is 6.00. The Hall–Kier alpha value is -3.26. The van der Waals surface area contributed by atoms with Gasteiger partial charge in [0.15, 0.2) is 11.3 Å². The van der Waals surface area contributed by atoms with E-state index >= 15 is 0 Å². The molecule has 2 N–H and O–H groups in total. The molecule has 1 atom stereocenters. The molecule has 1 unspecified atom stereocenters. The highest BCUT2D eigenvalue weighted by molar-refractivity contribution is 5.97. The van der Waals surface area contributed by atoms with Gasteiger partial charge in [0, 0.05) is 43.0 Å². The van der Waals surface area contributed by atoms with Gasteiger partial charge in [-0.3, -0.25) is 14.9 Å². The first-order valence-corrected chi connectivity index (χ1v) is 10.7. The second-order valence-electron chi connectivity index (χ2n) is 8.21. The SMILES string of the molecule is O=C(Nc1ccc(CC(=O)C2(c3cc(C4CC4)[nH]n3)C=CC=N2)cc1)N1CCOCC1. The van der Waals surface area contributed by atoms with Crippen molar-refractivity contribution in [1.82, 2.24) is 15.1 Å². The minimum absolute atomic E-state index is 0.0311. The summed E-state index contributed by atoms with van der Waals surface area (Å²) in [6, 6.07) is 9.21. The zero-order valence-corrected chi connectivity index (χ0v) is 17.2. The van der Waals surface area contributed by atoms with Crippen molar-refractivity contribution < 1.29 is 14.3 Å². The van der Waals surface area contributed by atoms with E-state index in [1.165, 1.54) is 0 Å². The van der Waals surface area contributed by atoms with Gasteiger partial charge >= 0.3 is 6.03 Å². The summed E-state index contributed by atoms with van der Waals surface area (Å²) in [5.41, 5.74) is 2.23. The third kappa shape index (κ3) is 4.03. The molecule has 3 aliphatic rings. The second-order valence-corrected chi connectivity index (χ2v) is 8.21. The van der Waals surface area contributed by atoms with Gasteiger partial charge in [0.2, 0.25) is 0 Å². The highest BCUT2D eigenvalue weighted by Gasteiger charge is 2.41. The molecular weight excluding hydrogens is 394 g/mol. The van der Waals surface area contributed by atoms with Crippen LogP contribution in [0.2, 0.25) is 0 Å². The van der Waals surface area contributed by atoms with Gasteiger partial charge in [-0.05, 0) is 48.8 Å². The van der Waals surface area contributed by atoms with Crippen molar-refractivity contribution in [2.24, 2.45) is 4.99 Å². The number of benzene rings is 1. The number of nitrogens with zero attached hydrogens (tertiary/aromatic N) is 3. The highest BCUT2D eigenvalue weighted by atomic mass is 16.5. The largest absolute Gasteiger partial charge is 0.378 e. The molecule has 8 heteroatoms. The first kappa shape index (κ1) is 19.7. The maximum atomic E-state index is 13.3. The van der Waals surface area contributed by atoms with Gasteiger partial charge in [-0.1, -0.05) is 12.1 Å². The molecule has 2 fully saturated rings. The summed E-state index contributed by atoms with van der Waals surface area (Å²) < 4.78 is 5.28. The summed E-state index contributed by atoms with van der Waals surface area (Å²) in [5, 5.41) is 10.4. The maximum Gasteiger partial charge on any atom is 0.321 e. The standard InChI is InChI=1S/C23H25N5O3/c29-21(23(8-1-9-24-23)20-15-19(26-27-20)17-4-5-17)14-16-2-6-18(7-3-16)25-22(30)28-10-12-31-13-11-28/h1-3,6-9,15,17H,4-5,10-14H2,(H,25,30)(H,26,27). The quantitative estimate of drug-likeness (QED) is 0.752. The van der Waals surface area contributed by atoms with Crippen LogP contribution in [0.5, 0.6) is 0 Å². The van der Waals surface area contributed by atoms with Crippen LogP contribution in [0.15, 0.2) is 47.5 Å². The number of allylic oxidation sites excluding steroid dienone is 1. The van der Waals surface area contributed by atoms with E-state index < -0.39 is 5.54 Å². The van der Waals surface area contributed by atoms with Crippen molar-refractivity contribution >= 4 is 23.7 Å². The number of nitrogens with one attached hydrogen (secondary N) is 2. The average Bonchev–Trinajstić information content (AvgIpc) is 3.31. The predicted molar refractivity (Wildman–Crippen MR) is 116 cm³/mol. The van der Waals surface area contributed by atoms with Gasteiger partial charge < -0.3 is 15.0 Å². The minimum atomic E-state index is -1.06. The van der Waals surface area contributed by atoms with Crippen molar-refractivity contribution in [3.8, 4) is 0 Å². The number of rotatable bonds is 6. The van der Waals surface area contributed by atoms with Crippen LogP contribution >= 0.6 is 0 Å². The number of H-pyrrole nitrogens is 1. The molecule has 1 aromatic heterocycles. The van der Waals surface area contributed by atoms with E-state index in [-0.39, 0.29) is 18.2 Å². The Morgan fingerprint density at radius 1 is 1.19 bits per heavy atom. The number of Topliss-reactive ketones (excluding diaryl/α,β-unsaturated/α-hetero) is 1. The molecule has 8 nitrogen and oxygen atoms in total. The van der Waals surface area contributed by atoms with Crippen LogP contribution in [0, 0.1) is 0 Å². The number of hydrogen-bond donors (Lipinski definition) is 2. The number of carbonyl (C=O) groups is 2. The van der Waals surface area contributed by atoms with Gasteiger partial charge in [0.25, 0.3) is 0 Å². The smallest absolute Gasteiger partial charge is 0.321 e. The molecule has 2 aromatic rings. The normalized spacial score (nSPS) is 22.6. The van der Waals surface area contributed by atoms with Crippen LogP contribution in [-0.2, 0) is 21.5 Å². The Morgan fingerprint density at radius 3 is 2.65 bits per heavy atom. The lowest BCUT2D eigenvalue weighted by Crippen LogP contribution is -2.43. The molecule has 1 aliphatic carbocycles. The fourth-order valence-electron chi connectivity index (χ4n) is 3.98. The van der Waals surface area contributed by atoms with Crippen molar-refractivity contribution in [2.45, 2.75) is 30.7 Å². The summed E-state index contributed by atoms with van der Waals surface area (Å²) in [6.07, 6.45) is 7.83. The second kappa shape index (κ2) is 8.11. The van der Waals surface area contributed by atoms with E-state index in [1.807, 2.05) is 36.4 Å². The van der Waals surface area contributed by atoms with E-state index in [0.717, 1.165) is 24.1 Å². The lowest BCUT2D eigenvalue weighted by molar-refractivity contribution is -0.122. The molecule has 2 aliphatic heterocycles. The first-order valence-electron chi connectivity index (χ1n) is 10.7. The number of aromatic nitrogens is 2. The Bertz CT molecular complexity index is 1020. The van der Waals surface area contributed by atoms with Crippen molar-refractivity contribution in [1.29, 1.82) is 0 Å². The number of aromatic amines is 1. The van der Waals surface area contributed by atoms with Gasteiger partial charge in [0.05, 0.1) is 13.2 Å². The summed E-state index contributed by atoms with van der Waals surface area (Å²) in [7, 11) is 0. The monoisotopic (exact) mass is 419 g/mol. The molecule has 5 rings (SSSR count). The number of morpholine rings is 1. The molecule has 1 saturated carbocycles. The predicted octanol–water partition coefficient (Wildman–Crippen LogP) is 2.80. The van der Waals surface area contributed by atoms with Crippen LogP contribution < -0.4 is 5.32 Å². The molecule has 2 amide bonds. The van der Waals surface area contributed by atoms with Crippen LogP contribution in [-0.4, -0.2) is 59.4 Å². The average molecular weight is 419 g/mol. The first-order chi connectivity index (χ1) is 15.1. The van der Waals surface area contributed by atoms with E-state index in [1.54, 1.807) is 17.2 Å². The highest BCUT2D eigenvalue weighted by Crippen LogP contribution is 2.41. The number of amides is 2. The molecule has 0 radical (unpaired) electrons. The number of hydrogen-bond acceptors (Lipinski definition) is 5. The maximum absolute atomic E-state index is 13.3. The molecule has 0 spiro atoms. The van der Waals surface area contributed by atoms with E-state index in [4.69, 9.17) is 4.74 Å². The van der Waals surface area contributed by atoms with Crippen molar-refractivity contribution in [2.75, 3.05) is 31.6 Å². The van der Waals surface area contributed by atoms with Crippen LogP contribution in [0.25, 0.3) is 0 Å². The lowest BCUT2D eigenvalue weighted by Gasteiger charge is -2.27. The van der Waals surface area contributed by atoms with Gasteiger partial charge in [-0.15, -0.1) is 0 Å². The van der Waals surface area contributed by atoms with Crippen LogP contribution in [0.4, 0.5) is 10.5 Å². The minimum Gasteiger partial charge on any atom is -0.378 e. The fraction of sp³-hybridized carbons (Fsp3) is 0.391. The Kier molecular flexibility index (Phi) is 5.15. The third-order valence-corrected chi connectivity index (χ3v) is 6.00. The number of anilines is 1. The van der Waals surface area contributed by atoms with Crippen molar-refractivity contribution in [3.05, 3.63) is 59.4 Å². The zero-order chi connectivity index (χ0) is 21.3. The number of aliphatic imine (C=N–C) groups is 1. The van der Waals surface area contributed by atoms with Crippen LogP contribution in [0.1, 0.15) is 35.7 Å². The molecule has 31 heavy (non-hydrogen) atoms.